The fourth-order valence-corrected chi connectivity index (χ4v) is 3.37. The first-order valence-corrected chi connectivity index (χ1v) is 8.38. The lowest BCUT2D eigenvalue weighted by atomic mass is 9.94. The van der Waals surface area contributed by atoms with Gasteiger partial charge in [-0.3, -0.25) is 4.79 Å². The van der Waals surface area contributed by atoms with E-state index >= 15 is 0 Å². The Labute approximate surface area is 144 Å². The van der Waals surface area contributed by atoms with Crippen LogP contribution in [0.5, 0.6) is 0 Å². The molecule has 2 aromatic carbocycles. The van der Waals surface area contributed by atoms with Crippen LogP contribution in [-0.4, -0.2) is 17.4 Å². The van der Waals surface area contributed by atoms with Gasteiger partial charge in [0.05, 0.1) is 5.41 Å². The van der Waals surface area contributed by atoms with Gasteiger partial charge in [0.1, 0.15) is 11.6 Å². The van der Waals surface area contributed by atoms with Crippen molar-refractivity contribution in [2.45, 2.75) is 24.7 Å². The molecule has 0 bridgehead atoms. The number of rotatable bonds is 5. The molecule has 1 fully saturated rings. The second kappa shape index (κ2) is 5.99. The molecule has 2 N–H and O–H groups in total. The maximum Gasteiger partial charge on any atom is 0.230 e. The van der Waals surface area contributed by atoms with Gasteiger partial charge in [-0.1, -0.05) is 12.1 Å². The Morgan fingerprint density at radius 1 is 1.08 bits per heavy atom. The molecule has 128 valence electrons. The average molecular weight is 340 g/mol. The summed E-state index contributed by atoms with van der Waals surface area (Å²) >= 11 is 0. The molecule has 0 saturated heterocycles. The van der Waals surface area contributed by atoms with Crippen molar-refractivity contribution in [2.75, 3.05) is 6.54 Å². The van der Waals surface area contributed by atoms with Gasteiger partial charge < -0.3 is 10.3 Å². The maximum atomic E-state index is 13.6. The van der Waals surface area contributed by atoms with E-state index in [1.165, 1.54) is 24.3 Å². The summed E-state index contributed by atoms with van der Waals surface area (Å²) in [5.41, 5.74) is 2.11. The van der Waals surface area contributed by atoms with Crippen LogP contribution in [0.15, 0.2) is 48.7 Å². The van der Waals surface area contributed by atoms with E-state index in [2.05, 4.69) is 10.3 Å². The lowest BCUT2D eigenvalue weighted by Crippen LogP contribution is -2.35. The zero-order valence-electron chi connectivity index (χ0n) is 13.6. The number of halogens is 2. The summed E-state index contributed by atoms with van der Waals surface area (Å²) < 4.78 is 26.5. The molecular weight excluding hydrogens is 322 g/mol. The van der Waals surface area contributed by atoms with Crippen LogP contribution in [0.25, 0.3) is 10.9 Å². The van der Waals surface area contributed by atoms with Gasteiger partial charge in [0.15, 0.2) is 0 Å². The minimum absolute atomic E-state index is 0.0280. The van der Waals surface area contributed by atoms with Gasteiger partial charge in [0.2, 0.25) is 5.91 Å². The average Bonchev–Trinajstić information content (AvgIpc) is 3.31. The molecule has 4 rings (SSSR count). The molecule has 0 spiro atoms. The molecule has 0 aliphatic heterocycles. The molecule has 0 atom stereocenters. The lowest BCUT2D eigenvalue weighted by Gasteiger charge is -2.15. The van der Waals surface area contributed by atoms with Gasteiger partial charge in [-0.25, -0.2) is 8.78 Å². The number of H-pyrrole nitrogens is 1. The van der Waals surface area contributed by atoms with Gasteiger partial charge in [0, 0.05) is 23.6 Å². The molecule has 0 radical (unpaired) electrons. The van der Waals surface area contributed by atoms with Crippen LogP contribution in [0.2, 0.25) is 0 Å². The van der Waals surface area contributed by atoms with E-state index in [0.717, 1.165) is 34.9 Å². The lowest BCUT2D eigenvalue weighted by molar-refractivity contribution is -0.123. The molecule has 1 aliphatic rings. The summed E-state index contributed by atoms with van der Waals surface area (Å²) in [6.45, 7) is 0.489. The first-order chi connectivity index (χ1) is 12.1. The van der Waals surface area contributed by atoms with Gasteiger partial charge in [0.25, 0.3) is 0 Å². The first kappa shape index (κ1) is 15.8. The highest BCUT2D eigenvalue weighted by Gasteiger charge is 2.52. The monoisotopic (exact) mass is 340 g/mol. The van der Waals surface area contributed by atoms with Crippen molar-refractivity contribution in [3.05, 3.63) is 71.4 Å². The summed E-state index contributed by atoms with van der Waals surface area (Å²) in [6.07, 6.45) is 3.99. The molecule has 3 aromatic rings. The van der Waals surface area contributed by atoms with E-state index < -0.39 is 5.41 Å². The summed E-state index contributed by atoms with van der Waals surface area (Å²) in [6, 6.07) is 10.8. The number of aromatic nitrogens is 1. The third kappa shape index (κ3) is 2.90. The first-order valence-electron chi connectivity index (χ1n) is 8.38. The second-order valence-electron chi connectivity index (χ2n) is 6.61. The Bertz CT molecular complexity index is 927. The predicted molar refractivity (Wildman–Crippen MR) is 92.3 cm³/mol. The Kier molecular flexibility index (Phi) is 3.79. The van der Waals surface area contributed by atoms with E-state index in [9.17, 15) is 13.6 Å². The van der Waals surface area contributed by atoms with Crippen molar-refractivity contribution in [1.29, 1.82) is 0 Å². The third-order valence-electron chi connectivity index (χ3n) is 4.96. The largest absolute Gasteiger partial charge is 0.361 e. The van der Waals surface area contributed by atoms with Crippen LogP contribution in [0.3, 0.4) is 0 Å². The number of hydrogen-bond acceptors (Lipinski definition) is 1. The number of carbonyl (C=O) groups is 1. The minimum atomic E-state index is -0.561. The Morgan fingerprint density at radius 3 is 2.52 bits per heavy atom. The fraction of sp³-hybridized carbons (Fsp3) is 0.250. The third-order valence-corrected chi connectivity index (χ3v) is 4.96. The normalized spacial score (nSPS) is 15.3. The van der Waals surface area contributed by atoms with Gasteiger partial charge in [-0.15, -0.1) is 0 Å². The van der Waals surface area contributed by atoms with Gasteiger partial charge in [-0.05, 0) is 60.7 Å². The quantitative estimate of drug-likeness (QED) is 0.728. The van der Waals surface area contributed by atoms with E-state index in [1.54, 1.807) is 18.2 Å². The van der Waals surface area contributed by atoms with E-state index in [4.69, 9.17) is 0 Å². The Morgan fingerprint density at radius 2 is 1.80 bits per heavy atom. The van der Waals surface area contributed by atoms with E-state index in [0.29, 0.717) is 13.0 Å². The van der Waals surface area contributed by atoms with Crippen molar-refractivity contribution in [3.8, 4) is 0 Å². The Balaban J connectivity index is 1.47. The van der Waals surface area contributed by atoms with E-state index in [-0.39, 0.29) is 17.5 Å². The number of benzene rings is 2. The summed E-state index contributed by atoms with van der Waals surface area (Å²) in [7, 11) is 0. The topological polar surface area (TPSA) is 44.9 Å². The number of carbonyl (C=O) groups excluding carboxylic acids is 1. The van der Waals surface area contributed by atoms with Gasteiger partial charge >= 0.3 is 0 Å². The van der Waals surface area contributed by atoms with Crippen molar-refractivity contribution in [1.82, 2.24) is 10.3 Å². The van der Waals surface area contributed by atoms with Gasteiger partial charge in [-0.2, -0.15) is 0 Å². The number of amides is 1. The zero-order chi connectivity index (χ0) is 17.4. The van der Waals surface area contributed by atoms with Crippen LogP contribution in [0, 0.1) is 11.6 Å². The molecule has 25 heavy (non-hydrogen) atoms. The number of nitrogens with one attached hydrogen (secondary N) is 2. The SMILES string of the molecule is O=C(NCCc1ccc(F)cc1)C1(c2c[nH]c3ccc(F)cc23)CC1. The molecule has 1 aliphatic carbocycles. The molecule has 1 heterocycles. The molecule has 1 saturated carbocycles. The summed E-state index contributed by atoms with van der Waals surface area (Å²) in [4.78, 5) is 15.8. The minimum Gasteiger partial charge on any atom is -0.361 e. The molecule has 0 unspecified atom stereocenters. The predicted octanol–water partition coefficient (Wildman–Crippen LogP) is 3.84. The second-order valence-corrected chi connectivity index (χ2v) is 6.61. The summed E-state index contributed by atoms with van der Waals surface area (Å²) in [5, 5.41) is 3.75. The van der Waals surface area contributed by atoms with Crippen LogP contribution < -0.4 is 5.32 Å². The fourth-order valence-electron chi connectivity index (χ4n) is 3.37. The van der Waals surface area contributed by atoms with Crippen molar-refractivity contribution < 1.29 is 13.6 Å². The molecule has 3 nitrogen and oxygen atoms in total. The number of fused-ring (bicyclic) bond motifs is 1. The van der Waals surface area contributed by atoms with Crippen LogP contribution in [0.4, 0.5) is 8.78 Å². The maximum absolute atomic E-state index is 13.6. The van der Waals surface area contributed by atoms with Crippen molar-refractivity contribution in [3.63, 3.8) is 0 Å². The molecule has 1 aromatic heterocycles. The number of aromatic amines is 1. The zero-order valence-corrected chi connectivity index (χ0v) is 13.6. The van der Waals surface area contributed by atoms with E-state index in [1.807, 2.05) is 6.20 Å². The molecule has 1 amide bonds. The smallest absolute Gasteiger partial charge is 0.230 e. The summed E-state index contributed by atoms with van der Waals surface area (Å²) in [5.74, 6) is -0.600. The standard InChI is InChI=1S/C20H18F2N2O/c21-14-3-1-13(2-4-14)7-10-23-19(25)20(8-9-20)17-12-24-18-6-5-15(22)11-16(17)18/h1-6,11-12,24H,7-10H2,(H,23,25). The Hall–Kier alpha value is -2.69. The van der Waals surface area contributed by atoms with Crippen molar-refractivity contribution >= 4 is 16.8 Å². The number of hydrogen-bond donors (Lipinski definition) is 2. The van der Waals surface area contributed by atoms with Crippen molar-refractivity contribution in [2.24, 2.45) is 0 Å². The van der Waals surface area contributed by atoms with Crippen LogP contribution >= 0.6 is 0 Å². The highest BCUT2D eigenvalue weighted by molar-refractivity contribution is 5.97. The highest BCUT2D eigenvalue weighted by Crippen LogP contribution is 2.50. The van der Waals surface area contributed by atoms with Crippen LogP contribution in [0.1, 0.15) is 24.0 Å². The molecule has 5 heteroatoms. The molecular formula is C20H18F2N2O. The highest BCUT2D eigenvalue weighted by atomic mass is 19.1. The van der Waals surface area contributed by atoms with Crippen LogP contribution in [-0.2, 0) is 16.6 Å².